The second kappa shape index (κ2) is 5.22. The number of hydrogen-bond donors (Lipinski definition) is 1. The molecule has 1 aliphatic rings. The maximum Gasteiger partial charge on any atom is 0.136 e. The van der Waals surface area contributed by atoms with Gasteiger partial charge in [-0.05, 0) is 24.3 Å². The number of benzene rings is 2. The van der Waals surface area contributed by atoms with Crippen LogP contribution in [0.15, 0.2) is 57.9 Å². The van der Waals surface area contributed by atoms with Gasteiger partial charge in [0.25, 0.3) is 0 Å². The van der Waals surface area contributed by atoms with Crippen LogP contribution >= 0.6 is 0 Å². The molecule has 4 heteroatoms. The fourth-order valence-electron chi connectivity index (χ4n) is 2.76. The normalized spacial score (nSPS) is 14.0. The van der Waals surface area contributed by atoms with Crippen molar-refractivity contribution in [3.05, 3.63) is 54.1 Å². The van der Waals surface area contributed by atoms with Crippen LogP contribution < -0.4 is 10.1 Å². The molecule has 2 aromatic carbocycles. The standard InChI is InChI=1S/C18H16N2O2/c1-21-13-6-7-16-12(10-13)11-17(22-16)14-4-2-3-5-15(14)18-19-8-9-20-18/h2-7,10-11H,8-9H2,1H3,(H,19,20). The van der Waals surface area contributed by atoms with E-state index in [1.54, 1.807) is 7.11 Å². The van der Waals surface area contributed by atoms with E-state index in [0.29, 0.717) is 0 Å². The maximum atomic E-state index is 6.02. The number of methoxy groups -OCH3 is 1. The van der Waals surface area contributed by atoms with E-state index in [4.69, 9.17) is 9.15 Å². The first-order valence-electron chi connectivity index (χ1n) is 7.31. The van der Waals surface area contributed by atoms with Gasteiger partial charge in [-0.2, -0.15) is 0 Å². The zero-order valence-corrected chi connectivity index (χ0v) is 12.3. The van der Waals surface area contributed by atoms with Gasteiger partial charge in [0, 0.05) is 23.1 Å². The number of nitrogens with zero attached hydrogens (tertiary/aromatic N) is 1. The molecule has 3 aromatic rings. The van der Waals surface area contributed by atoms with Crippen LogP contribution in [0.5, 0.6) is 5.75 Å². The number of fused-ring (bicyclic) bond motifs is 1. The summed E-state index contributed by atoms with van der Waals surface area (Å²) in [5.41, 5.74) is 2.98. The molecule has 4 nitrogen and oxygen atoms in total. The molecule has 0 unspecified atom stereocenters. The molecule has 2 heterocycles. The summed E-state index contributed by atoms with van der Waals surface area (Å²) in [4.78, 5) is 4.52. The van der Waals surface area contributed by atoms with Gasteiger partial charge in [-0.25, -0.2) is 0 Å². The molecule has 0 spiro atoms. The molecule has 110 valence electrons. The van der Waals surface area contributed by atoms with Crippen LogP contribution in [-0.2, 0) is 0 Å². The van der Waals surface area contributed by atoms with Gasteiger partial charge >= 0.3 is 0 Å². The Labute approximate surface area is 128 Å². The second-order valence-electron chi connectivity index (χ2n) is 5.22. The number of aliphatic imine (C=N–C) groups is 1. The van der Waals surface area contributed by atoms with Crippen molar-refractivity contribution >= 4 is 16.8 Å². The fourth-order valence-corrected chi connectivity index (χ4v) is 2.76. The smallest absolute Gasteiger partial charge is 0.136 e. The SMILES string of the molecule is COc1ccc2oc(-c3ccccc3C3=NCCN3)cc2c1. The molecule has 0 fully saturated rings. The summed E-state index contributed by atoms with van der Waals surface area (Å²) in [6.07, 6.45) is 0. The van der Waals surface area contributed by atoms with E-state index in [9.17, 15) is 0 Å². The van der Waals surface area contributed by atoms with Gasteiger partial charge < -0.3 is 14.5 Å². The van der Waals surface area contributed by atoms with E-state index >= 15 is 0 Å². The summed E-state index contributed by atoms with van der Waals surface area (Å²) in [5, 5.41) is 4.36. The first-order valence-corrected chi connectivity index (χ1v) is 7.31. The van der Waals surface area contributed by atoms with Gasteiger partial charge in [0.1, 0.15) is 22.9 Å². The van der Waals surface area contributed by atoms with Crippen molar-refractivity contribution in [2.45, 2.75) is 0 Å². The van der Waals surface area contributed by atoms with Crippen molar-refractivity contribution in [1.29, 1.82) is 0 Å². The lowest BCUT2D eigenvalue weighted by Gasteiger charge is -2.07. The van der Waals surface area contributed by atoms with E-state index in [1.807, 2.05) is 36.4 Å². The molecule has 4 rings (SSSR count). The van der Waals surface area contributed by atoms with Gasteiger partial charge in [-0.15, -0.1) is 0 Å². The highest BCUT2D eigenvalue weighted by molar-refractivity contribution is 6.05. The quantitative estimate of drug-likeness (QED) is 0.804. The molecule has 0 saturated heterocycles. The van der Waals surface area contributed by atoms with Gasteiger partial charge in [-0.1, -0.05) is 24.3 Å². The molecular formula is C18H16N2O2. The summed E-state index contributed by atoms with van der Waals surface area (Å²) in [6, 6.07) is 16.0. The monoisotopic (exact) mass is 292 g/mol. The van der Waals surface area contributed by atoms with Gasteiger partial charge in [0.05, 0.1) is 13.7 Å². The zero-order valence-electron chi connectivity index (χ0n) is 12.3. The summed E-state index contributed by atoms with van der Waals surface area (Å²) in [7, 11) is 1.67. The summed E-state index contributed by atoms with van der Waals surface area (Å²) in [6.45, 7) is 1.71. The third-order valence-corrected chi connectivity index (χ3v) is 3.85. The van der Waals surface area contributed by atoms with Crippen LogP contribution in [0, 0.1) is 0 Å². The lowest BCUT2D eigenvalue weighted by Crippen LogP contribution is -2.20. The van der Waals surface area contributed by atoms with E-state index in [1.165, 1.54) is 0 Å². The molecule has 0 amide bonds. The Hall–Kier alpha value is -2.75. The Morgan fingerprint density at radius 2 is 1.95 bits per heavy atom. The lowest BCUT2D eigenvalue weighted by atomic mass is 10.0. The Morgan fingerprint density at radius 1 is 1.09 bits per heavy atom. The van der Waals surface area contributed by atoms with Crippen molar-refractivity contribution in [2.75, 3.05) is 20.2 Å². The van der Waals surface area contributed by atoms with Crippen molar-refractivity contribution < 1.29 is 9.15 Å². The number of furan rings is 1. The molecule has 0 atom stereocenters. The maximum absolute atomic E-state index is 6.02. The Bertz CT molecular complexity index is 864. The third kappa shape index (κ3) is 2.13. The minimum atomic E-state index is 0.820. The molecule has 0 saturated carbocycles. The zero-order chi connectivity index (χ0) is 14.9. The average molecular weight is 292 g/mol. The van der Waals surface area contributed by atoms with E-state index in [-0.39, 0.29) is 0 Å². The number of nitrogens with one attached hydrogen (secondary N) is 1. The van der Waals surface area contributed by atoms with Crippen molar-refractivity contribution in [2.24, 2.45) is 4.99 Å². The predicted molar refractivity (Wildman–Crippen MR) is 87.6 cm³/mol. The molecular weight excluding hydrogens is 276 g/mol. The average Bonchev–Trinajstić information content (AvgIpc) is 3.23. The van der Waals surface area contributed by atoms with Gasteiger partial charge in [-0.3, -0.25) is 4.99 Å². The van der Waals surface area contributed by atoms with Crippen molar-refractivity contribution in [3.63, 3.8) is 0 Å². The Balaban J connectivity index is 1.85. The summed E-state index contributed by atoms with van der Waals surface area (Å²) in [5.74, 6) is 2.61. The van der Waals surface area contributed by atoms with Crippen LogP contribution in [-0.4, -0.2) is 26.0 Å². The van der Waals surface area contributed by atoms with E-state index < -0.39 is 0 Å². The molecule has 0 radical (unpaired) electrons. The summed E-state index contributed by atoms with van der Waals surface area (Å²) >= 11 is 0. The Kier molecular flexibility index (Phi) is 3.07. The van der Waals surface area contributed by atoms with Crippen molar-refractivity contribution in [3.8, 4) is 17.1 Å². The van der Waals surface area contributed by atoms with Crippen LogP contribution in [0.2, 0.25) is 0 Å². The second-order valence-corrected chi connectivity index (χ2v) is 5.22. The van der Waals surface area contributed by atoms with Crippen LogP contribution in [0.25, 0.3) is 22.3 Å². The minimum absolute atomic E-state index is 0.820. The molecule has 0 bridgehead atoms. The first kappa shape index (κ1) is 13.0. The number of amidine groups is 1. The van der Waals surface area contributed by atoms with Crippen LogP contribution in [0.3, 0.4) is 0 Å². The molecule has 0 aliphatic carbocycles. The highest BCUT2D eigenvalue weighted by atomic mass is 16.5. The Morgan fingerprint density at radius 3 is 2.73 bits per heavy atom. The number of rotatable bonds is 3. The molecule has 1 aromatic heterocycles. The molecule has 1 aliphatic heterocycles. The highest BCUT2D eigenvalue weighted by Crippen LogP contribution is 2.32. The first-order chi connectivity index (χ1) is 10.8. The minimum Gasteiger partial charge on any atom is -0.497 e. The third-order valence-electron chi connectivity index (χ3n) is 3.85. The number of ether oxygens (including phenoxy) is 1. The van der Waals surface area contributed by atoms with Gasteiger partial charge in [0.15, 0.2) is 0 Å². The predicted octanol–water partition coefficient (Wildman–Crippen LogP) is 3.46. The van der Waals surface area contributed by atoms with Crippen molar-refractivity contribution in [1.82, 2.24) is 5.32 Å². The molecule has 1 N–H and O–H groups in total. The fraction of sp³-hybridized carbons (Fsp3) is 0.167. The summed E-state index contributed by atoms with van der Waals surface area (Å²) < 4.78 is 11.3. The highest BCUT2D eigenvalue weighted by Gasteiger charge is 2.16. The van der Waals surface area contributed by atoms with Crippen LogP contribution in [0.4, 0.5) is 0 Å². The molecule has 22 heavy (non-hydrogen) atoms. The van der Waals surface area contributed by atoms with Gasteiger partial charge in [0.2, 0.25) is 0 Å². The largest absolute Gasteiger partial charge is 0.497 e. The lowest BCUT2D eigenvalue weighted by molar-refractivity contribution is 0.415. The van der Waals surface area contributed by atoms with E-state index in [2.05, 4.69) is 22.4 Å². The topological polar surface area (TPSA) is 46.8 Å². The van der Waals surface area contributed by atoms with Crippen LogP contribution in [0.1, 0.15) is 5.56 Å². The van der Waals surface area contributed by atoms with E-state index in [0.717, 1.165) is 52.5 Å². The number of hydrogen-bond acceptors (Lipinski definition) is 4.